The highest BCUT2D eigenvalue weighted by atomic mass is 19.1. The third-order valence-electron chi connectivity index (χ3n) is 6.61. The third kappa shape index (κ3) is 6.59. The predicted octanol–water partition coefficient (Wildman–Crippen LogP) is 3.89. The van der Waals surface area contributed by atoms with Crippen LogP contribution in [0.2, 0.25) is 0 Å². The van der Waals surface area contributed by atoms with Gasteiger partial charge in [0.1, 0.15) is 5.82 Å². The van der Waals surface area contributed by atoms with Crippen LogP contribution in [-0.2, 0) is 0 Å². The molecule has 2 heterocycles. The molecule has 33 heavy (non-hydrogen) atoms. The molecule has 4 rings (SSSR count). The van der Waals surface area contributed by atoms with E-state index in [0.717, 1.165) is 38.1 Å². The molecule has 182 valence electrons. The van der Waals surface area contributed by atoms with Crippen LogP contribution in [0.1, 0.15) is 76.5 Å². The second-order valence-electron chi connectivity index (χ2n) is 8.74. The maximum absolute atomic E-state index is 14.4. The van der Waals surface area contributed by atoms with E-state index < -0.39 is 5.82 Å². The molecule has 9 heteroatoms. The summed E-state index contributed by atoms with van der Waals surface area (Å²) in [6, 6.07) is 5.64. The van der Waals surface area contributed by atoms with Gasteiger partial charge in [-0.2, -0.15) is 9.97 Å². The molecule has 1 aliphatic heterocycles. The van der Waals surface area contributed by atoms with Crippen LogP contribution in [0.3, 0.4) is 0 Å². The van der Waals surface area contributed by atoms with Gasteiger partial charge in [0.2, 0.25) is 5.95 Å². The van der Waals surface area contributed by atoms with Gasteiger partial charge in [-0.1, -0.05) is 32.6 Å². The predicted molar refractivity (Wildman–Crippen MR) is 129 cm³/mol. The van der Waals surface area contributed by atoms with Crippen molar-refractivity contribution in [2.75, 3.05) is 19.0 Å². The van der Waals surface area contributed by atoms with Gasteiger partial charge in [-0.25, -0.2) is 9.37 Å². The van der Waals surface area contributed by atoms with Crippen molar-refractivity contribution < 1.29 is 9.13 Å². The molecule has 1 aliphatic carbocycles. The van der Waals surface area contributed by atoms with Crippen molar-refractivity contribution in [3.8, 4) is 17.1 Å². The van der Waals surface area contributed by atoms with Crippen molar-refractivity contribution in [1.29, 1.82) is 0 Å². The Bertz CT molecular complexity index is 868. The molecule has 0 amide bonds. The van der Waals surface area contributed by atoms with Gasteiger partial charge in [-0.05, 0) is 56.8 Å². The van der Waals surface area contributed by atoms with E-state index in [1.165, 1.54) is 45.3 Å². The number of nitrogens with one attached hydrogen (secondary N) is 2. The number of rotatable bonds is 7. The Morgan fingerprint density at radius 2 is 1.85 bits per heavy atom. The number of hydrogen-bond donors (Lipinski definition) is 4. The molecule has 6 N–H and O–H groups in total. The molecule has 1 saturated carbocycles. The first-order chi connectivity index (χ1) is 16.2. The molecule has 8 nitrogen and oxygen atoms in total. The highest BCUT2D eigenvalue weighted by Gasteiger charge is 2.28. The van der Waals surface area contributed by atoms with Crippen molar-refractivity contribution in [1.82, 2.24) is 20.3 Å². The summed E-state index contributed by atoms with van der Waals surface area (Å²) in [6.45, 7) is 3.22. The van der Waals surface area contributed by atoms with E-state index in [9.17, 15) is 4.39 Å². The van der Waals surface area contributed by atoms with E-state index >= 15 is 0 Å². The number of hydrogen-bond acceptors (Lipinski definition) is 8. The van der Waals surface area contributed by atoms with Gasteiger partial charge in [0.15, 0.2) is 17.4 Å². The number of ether oxygens (including phenoxy) is 1. The standard InChI is InChI=1S/C24H34FN5O.H4N2/c1-3-18(20-11-8-14-26-20)23-28-22(16-12-13-21(31-2)19(25)15-16)29-24(30-23)27-17-9-6-4-5-7-10-17;1-2/h12-13,15,17-18,20,26H,3-11,14H2,1-2H3,(H,27,28,29,30);1-2H2/t18-,20?;/m0./s1. The van der Waals surface area contributed by atoms with E-state index in [1.54, 1.807) is 6.07 Å². The van der Waals surface area contributed by atoms with Gasteiger partial charge in [-0.3, -0.25) is 11.7 Å². The van der Waals surface area contributed by atoms with Gasteiger partial charge in [0.25, 0.3) is 0 Å². The van der Waals surface area contributed by atoms with Crippen molar-refractivity contribution in [3.05, 3.63) is 29.8 Å². The summed E-state index contributed by atoms with van der Waals surface area (Å²) in [4.78, 5) is 14.4. The molecule has 1 unspecified atom stereocenters. The molecule has 1 aromatic heterocycles. The van der Waals surface area contributed by atoms with Crippen molar-refractivity contribution >= 4 is 5.95 Å². The van der Waals surface area contributed by atoms with Crippen LogP contribution in [0.4, 0.5) is 10.3 Å². The van der Waals surface area contributed by atoms with Gasteiger partial charge in [0, 0.05) is 23.6 Å². The third-order valence-corrected chi connectivity index (χ3v) is 6.61. The Balaban J connectivity index is 0.00000149. The first-order valence-electron chi connectivity index (χ1n) is 12.1. The van der Waals surface area contributed by atoms with Crippen molar-refractivity contribution in [2.24, 2.45) is 11.7 Å². The lowest BCUT2D eigenvalue weighted by Crippen LogP contribution is -2.30. The zero-order chi connectivity index (χ0) is 23.6. The van der Waals surface area contributed by atoms with Crippen molar-refractivity contribution in [3.63, 3.8) is 0 Å². The Morgan fingerprint density at radius 1 is 1.09 bits per heavy atom. The SMILES string of the molecule is CC[C@H](c1nc(NC2CCCCCC2)nc(-c2ccc(OC)c(F)c2)n1)C1CCCN1.NN. The van der Waals surface area contributed by atoms with Crippen LogP contribution < -0.4 is 27.1 Å². The Kier molecular flexibility index (Phi) is 9.77. The van der Waals surface area contributed by atoms with Crippen LogP contribution in [0.15, 0.2) is 18.2 Å². The van der Waals surface area contributed by atoms with Crippen LogP contribution in [0.5, 0.6) is 5.75 Å². The summed E-state index contributed by atoms with van der Waals surface area (Å²) in [7, 11) is 1.47. The zero-order valence-corrected chi connectivity index (χ0v) is 19.8. The number of nitrogens with zero attached hydrogens (tertiary/aromatic N) is 3. The second-order valence-corrected chi connectivity index (χ2v) is 8.74. The smallest absolute Gasteiger partial charge is 0.226 e. The molecule has 1 saturated heterocycles. The normalized spacial score (nSPS) is 19.8. The summed E-state index contributed by atoms with van der Waals surface area (Å²) in [5, 5.41) is 7.18. The van der Waals surface area contributed by atoms with E-state index in [4.69, 9.17) is 19.7 Å². The van der Waals surface area contributed by atoms with Gasteiger partial charge < -0.3 is 15.4 Å². The molecule has 2 fully saturated rings. The summed E-state index contributed by atoms with van der Waals surface area (Å²) in [5.74, 6) is 9.93. The minimum absolute atomic E-state index is 0.210. The Morgan fingerprint density at radius 3 is 2.45 bits per heavy atom. The number of anilines is 1. The maximum Gasteiger partial charge on any atom is 0.226 e. The van der Waals surface area contributed by atoms with Gasteiger partial charge in [-0.15, -0.1) is 0 Å². The monoisotopic (exact) mass is 459 g/mol. The lowest BCUT2D eigenvalue weighted by molar-refractivity contribution is 0.386. The summed E-state index contributed by atoms with van der Waals surface area (Å²) < 4.78 is 19.5. The molecular weight excluding hydrogens is 421 g/mol. The molecular formula is C24H38FN7O. The molecule has 1 aromatic carbocycles. The zero-order valence-electron chi connectivity index (χ0n) is 19.8. The first kappa shape index (κ1) is 25.3. The summed E-state index contributed by atoms with van der Waals surface area (Å²) in [6.07, 6.45) is 10.6. The van der Waals surface area contributed by atoms with E-state index in [2.05, 4.69) is 29.2 Å². The largest absolute Gasteiger partial charge is 0.494 e. The number of hydrazine groups is 1. The van der Waals surface area contributed by atoms with Crippen molar-refractivity contribution in [2.45, 2.75) is 82.7 Å². The van der Waals surface area contributed by atoms with E-state index in [0.29, 0.717) is 29.4 Å². The van der Waals surface area contributed by atoms with Crippen LogP contribution >= 0.6 is 0 Å². The van der Waals surface area contributed by atoms with Crippen LogP contribution in [0, 0.1) is 5.82 Å². The lowest BCUT2D eigenvalue weighted by Gasteiger charge is -2.23. The average molecular weight is 460 g/mol. The molecule has 2 aromatic rings. The highest BCUT2D eigenvalue weighted by Crippen LogP contribution is 2.30. The molecule has 0 radical (unpaired) electrons. The summed E-state index contributed by atoms with van der Waals surface area (Å²) in [5.41, 5.74) is 0.639. The first-order valence-corrected chi connectivity index (χ1v) is 12.1. The minimum Gasteiger partial charge on any atom is -0.494 e. The fourth-order valence-corrected chi connectivity index (χ4v) is 4.87. The fraction of sp³-hybridized carbons (Fsp3) is 0.625. The number of methoxy groups -OCH3 is 1. The molecule has 0 bridgehead atoms. The Labute approximate surface area is 196 Å². The van der Waals surface area contributed by atoms with Gasteiger partial charge >= 0.3 is 0 Å². The molecule has 2 aliphatic rings. The highest BCUT2D eigenvalue weighted by molar-refractivity contribution is 5.58. The lowest BCUT2D eigenvalue weighted by atomic mass is 9.94. The minimum atomic E-state index is -0.412. The Hall–Kier alpha value is -2.36. The number of benzene rings is 1. The quantitative estimate of drug-likeness (QED) is 0.279. The topological polar surface area (TPSA) is 124 Å². The number of aromatic nitrogens is 3. The molecule has 0 spiro atoms. The summed E-state index contributed by atoms with van der Waals surface area (Å²) >= 11 is 0. The number of halogens is 1. The van der Waals surface area contributed by atoms with E-state index in [-0.39, 0.29) is 11.7 Å². The fourth-order valence-electron chi connectivity index (χ4n) is 4.87. The molecule has 2 atom stereocenters. The second kappa shape index (κ2) is 12.8. The van der Waals surface area contributed by atoms with Crippen LogP contribution in [-0.4, -0.2) is 40.7 Å². The van der Waals surface area contributed by atoms with Crippen LogP contribution in [0.25, 0.3) is 11.4 Å². The van der Waals surface area contributed by atoms with Gasteiger partial charge in [0.05, 0.1) is 7.11 Å². The van der Waals surface area contributed by atoms with E-state index in [1.807, 2.05) is 6.07 Å². The maximum atomic E-state index is 14.4. The number of nitrogens with two attached hydrogens (primary N) is 2. The average Bonchev–Trinajstić information content (AvgIpc) is 3.25.